The average molecular weight is 245 g/mol. The zero-order valence-electron chi connectivity index (χ0n) is 7.57. The molecule has 0 unspecified atom stereocenters. The van der Waals surface area contributed by atoms with Crippen molar-refractivity contribution in [3.63, 3.8) is 0 Å². The predicted octanol–water partition coefficient (Wildman–Crippen LogP) is -1.05. The first-order valence-corrected chi connectivity index (χ1v) is 3.89. The summed E-state index contributed by atoms with van der Waals surface area (Å²) in [4.78, 5) is 10.1. The van der Waals surface area contributed by atoms with E-state index in [1.165, 1.54) is 12.1 Å². The zero-order chi connectivity index (χ0) is 10.1. The van der Waals surface area contributed by atoms with Gasteiger partial charge in [-0.05, 0) is 5.56 Å². The first-order valence-electron chi connectivity index (χ1n) is 3.89. The first-order chi connectivity index (χ1) is 6.22. The molecule has 0 atom stereocenters. The summed E-state index contributed by atoms with van der Waals surface area (Å²) in [6.45, 7) is 1.19. The summed E-state index contributed by atoms with van der Waals surface area (Å²) >= 11 is 0. The molecule has 0 aliphatic rings. The molecule has 14 heavy (non-hydrogen) atoms. The van der Waals surface area contributed by atoms with E-state index in [1.807, 2.05) is 0 Å². The van der Waals surface area contributed by atoms with Gasteiger partial charge in [-0.25, -0.2) is 0 Å². The van der Waals surface area contributed by atoms with Crippen molar-refractivity contribution in [2.24, 2.45) is 11.5 Å². The summed E-state index contributed by atoms with van der Waals surface area (Å²) in [5.41, 5.74) is 10.0. The van der Waals surface area contributed by atoms with Crippen LogP contribution >= 0.6 is 0 Å². The molecular weight excluding hydrogens is 232 g/mol. The van der Waals surface area contributed by atoms with Crippen LogP contribution in [-0.4, -0.2) is 19.1 Å². The molecule has 0 amide bonds. The normalized spacial score (nSPS) is 7.86. The van der Waals surface area contributed by atoms with Crippen LogP contribution in [0.2, 0.25) is 0 Å². The quantitative estimate of drug-likeness (QED) is 0.650. The number of carbonyl (C=O) groups is 1. The number of aromatic carboxylic acids is 1. The second kappa shape index (κ2) is 10.2. The molecule has 0 aliphatic heterocycles. The maximum absolute atomic E-state index is 10.1. The molecule has 82 valence electrons. The van der Waals surface area contributed by atoms with E-state index in [-0.39, 0.29) is 22.6 Å². The molecule has 0 saturated heterocycles. The minimum absolute atomic E-state index is 0. The largest absolute Gasteiger partial charge is 1.00 e. The molecule has 0 bridgehead atoms. The van der Waals surface area contributed by atoms with Crippen molar-refractivity contribution < 1.29 is 27.0 Å². The average Bonchev–Trinajstić information content (AvgIpc) is 2.19. The number of carboxylic acids is 1. The molecular formula is C9H13CuN2O2. The fourth-order valence-electron chi connectivity index (χ4n) is 0.574. The van der Waals surface area contributed by atoms with Gasteiger partial charge in [-0.1, -0.05) is 30.3 Å². The van der Waals surface area contributed by atoms with E-state index in [9.17, 15) is 9.90 Å². The number of carbonyl (C=O) groups excluding carboxylic acids is 1. The van der Waals surface area contributed by atoms with E-state index >= 15 is 0 Å². The van der Waals surface area contributed by atoms with Crippen LogP contribution in [0.4, 0.5) is 0 Å². The number of hydrogen-bond acceptors (Lipinski definition) is 4. The Labute approximate surface area is 93.8 Å². The van der Waals surface area contributed by atoms with E-state index in [1.54, 1.807) is 18.2 Å². The topological polar surface area (TPSA) is 92.2 Å². The number of rotatable bonds is 2. The van der Waals surface area contributed by atoms with Gasteiger partial charge in [0.05, 0.1) is 5.97 Å². The molecule has 0 fully saturated rings. The van der Waals surface area contributed by atoms with Crippen molar-refractivity contribution in [2.75, 3.05) is 13.1 Å². The Morgan fingerprint density at radius 2 is 1.57 bits per heavy atom. The maximum Gasteiger partial charge on any atom is 1.00 e. The van der Waals surface area contributed by atoms with Crippen LogP contribution in [-0.2, 0) is 17.1 Å². The van der Waals surface area contributed by atoms with Crippen molar-refractivity contribution >= 4 is 5.97 Å². The Balaban J connectivity index is 0. The summed E-state index contributed by atoms with van der Waals surface area (Å²) in [7, 11) is 0. The van der Waals surface area contributed by atoms with Gasteiger partial charge in [-0.3, -0.25) is 0 Å². The molecule has 0 spiro atoms. The number of benzene rings is 1. The van der Waals surface area contributed by atoms with Gasteiger partial charge < -0.3 is 21.4 Å². The molecule has 1 aromatic rings. The van der Waals surface area contributed by atoms with Crippen LogP contribution in [0, 0.1) is 0 Å². The Hall–Kier alpha value is -0.871. The molecule has 5 heteroatoms. The fraction of sp³-hybridized carbons (Fsp3) is 0.222. The fourth-order valence-corrected chi connectivity index (χ4v) is 0.574. The van der Waals surface area contributed by atoms with Crippen LogP contribution in [0.1, 0.15) is 10.4 Å². The van der Waals surface area contributed by atoms with Gasteiger partial charge in [0.25, 0.3) is 0 Å². The van der Waals surface area contributed by atoms with Crippen molar-refractivity contribution in [1.82, 2.24) is 0 Å². The maximum atomic E-state index is 10.1. The van der Waals surface area contributed by atoms with Crippen LogP contribution < -0.4 is 16.6 Å². The van der Waals surface area contributed by atoms with Crippen molar-refractivity contribution in [2.45, 2.75) is 0 Å². The molecule has 1 rings (SSSR count). The van der Waals surface area contributed by atoms with Gasteiger partial charge >= 0.3 is 17.1 Å². The third-order valence-corrected chi connectivity index (χ3v) is 1.18. The minimum atomic E-state index is -1.13. The van der Waals surface area contributed by atoms with Crippen LogP contribution in [0.3, 0.4) is 0 Å². The van der Waals surface area contributed by atoms with E-state index < -0.39 is 5.97 Å². The van der Waals surface area contributed by atoms with E-state index in [0.717, 1.165) is 0 Å². The van der Waals surface area contributed by atoms with E-state index in [4.69, 9.17) is 11.5 Å². The smallest absolute Gasteiger partial charge is 0.545 e. The van der Waals surface area contributed by atoms with Gasteiger partial charge in [0.2, 0.25) is 0 Å². The monoisotopic (exact) mass is 244 g/mol. The van der Waals surface area contributed by atoms with Gasteiger partial charge in [-0.15, -0.1) is 0 Å². The van der Waals surface area contributed by atoms with Crippen molar-refractivity contribution in [3.8, 4) is 0 Å². The Morgan fingerprint density at radius 1 is 1.14 bits per heavy atom. The SMILES string of the molecule is NCCN.O=C([O-])c1ccccc1.[Cu+]. The third kappa shape index (κ3) is 7.76. The molecule has 4 nitrogen and oxygen atoms in total. The van der Waals surface area contributed by atoms with E-state index in [2.05, 4.69) is 0 Å². The molecule has 0 saturated carbocycles. The Kier molecular flexibility index (Phi) is 11.4. The summed E-state index contributed by atoms with van der Waals surface area (Å²) in [6.07, 6.45) is 0. The molecule has 1 aromatic carbocycles. The van der Waals surface area contributed by atoms with Gasteiger partial charge in [0.15, 0.2) is 0 Å². The molecule has 4 N–H and O–H groups in total. The predicted molar refractivity (Wildman–Crippen MR) is 48.9 cm³/mol. The third-order valence-electron chi connectivity index (χ3n) is 1.18. The number of nitrogens with two attached hydrogens (primary N) is 2. The second-order valence-electron chi connectivity index (χ2n) is 2.23. The molecule has 0 heterocycles. The van der Waals surface area contributed by atoms with E-state index in [0.29, 0.717) is 13.1 Å². The summed E-state index contributed by atoms with van der Waals surface area (Å²) in [5.74, 6) is -1.13. The number of carboxylic acid groups (broad SMARTS) is 1. The summed E-state index contributed by atoms with van der Waals surface area (Å²) in [6, 6.07) is 8.06. The Morgan fingerprint density at radius 3 is 1.79 bits per heavy atom. The summed E-state index contributed by atoms with van der Waals surface area (Å²) < 4.78 is 0. The Bertz CT molecular complexity index is 240. The van der Waals surface area contributed by atoms with Crippen LogP contribution in [0.15, 0.2) is 30.3 Å². The molecule has 0 radical (unpaired) electrons. The van der Waals surface area contributed by atoms with Gasteiger partial charge in [0.1, 0.15) is 0 Å². The molecule has 0 aliphatic carbocycles. The standard InChI is InChI=1S/C7H6O2.C2H8N2.Cu/c8-7(9)6-4-2-1-3-5-6;3-1-2-4;/h1-5H,(H,8,9);1-4H2;/q;;+1/p-1. The minimum Gasteiger partial charge on any atom is -0.545 e. The molecule has 0 aromatic heterocycles. The van der Waals surface area contributed by atoms with Crippen LogP contribution in [0.25, 0.3) is 0 Å². The van der Waals surface area contributed by atoms with Crippen molar-refractivity contribution in [1.29, 1.82) is 0 Å². The second-order valence-corrected chi connectivity index (χ2v) is 2.23. The van der Waals surface area contributed by atoms with Gasteiger partial charge in [-0.2, -0.15) is 0 Å². The van der Waals surface area contributed by atoms with Crippen LogP contribution in [0.5, 0.6) is 0 Å². The van der Waals surface area contributed by atoms with Gasteiger partial charge in [0, 0.05) is 13.1 Å². The zero-order valence-corrected chi connectivity index (χ0v) is 8.52. The number of hydrogen-bond donors (Lipinski definition) is 2. The first kappa shape index (κ1) is 15.6. The summed E-state index contributed by atoms with van der Waals surface area (Å²) in [5, 5.41) is 10.1. The van der Waals surface area contributed by atoms with Crippen molar-refractivity contribution in [3.05, 3.63) is 35.9 Å².